The summed E-state index contributed by atoms with van der Waals surface area (Å²) < 4.78 is 75.4. The number of fused-ring (bicyclic) bond motifs is 1. The lowest BCUT2D eigenvalue weighted by atomic mass is 10.0. The van der Waals surface area contributed by atoms with E-state index in [1.165, 1.54) is 18.2 Å². The van der Waals surface area contributed by atoms with Crippen molar-refractivity contribution in [1.82, 2.24) is 3.97 Å². The number of oxime groups is 1. The molecular weight excluding hydrogens is 508 g/mol. The van der Waals surface area contributed by atoms with E-state index < -0.39 is 57.2 Å². The average molecular weight is 528 g/mol. The molecular formula is C16H19N2O12S3-. The van der Waals surface area contributed by atoms with Gasteiger partial charge in [0.25, 0.3) is 10.4 Å². The Bertz CT molecular complexity index is 1240. The lowest BCUT2D eigenvalue weighted by molar-refractivity contribution is -0.205. The first-order valence-corrected chi connectivity index (χ1v) is 12.7. The molecule has 1 aromatic heterocycles. The molecule has 14 nitrogen and oxygen atoms in total. The second kappa shape index (κ2) is 9.82. The molecule has 0 amide bonds. The molecule has 0 saturated carbocycles. The highest BCUT2D eigenvalue weighted by Crippen LogP contribution is 2.32. The van der Waals surface area contributed by atoms with Gasteiger partial charge in [-0.05, 0) is 11.6 Å². The van der Waals surface area contributed by atoms with Gasteiger partial charge in [0, 0.05) is 18.0 Å². The minimum atomic E-state index is -5.29. The van der Waals surface area contributed by atoms with Gasteiger partial charge >= 0.3 is 10.3 Å². The van der Waals surface area contributed by atoms with Crippen LogP contribution in [-0.2, 0) is 36.1 Å². The van der Waals surface area contributed by atoms with Crippen molar-refractivity contribution in [3.63, 3.8) is 0 Å². The molecule has 1 aliphatic heterocycles. The molecule has 33 heavy (non-hydrogen) atoms. The number of ether oxygens (including phenoxy) is 1. The number of hydrogen-bond donors (Lipinski definition) is 5. The van der Waals surface area contributed by atoms with Crippen LogP contribution in [0.4, 0.5) is 0 Å². The van der Waals surface area contributed by atoms with Crippen LogP contribution in [-0.4, -0.2) is 91.8 Å². The van der Waals surface area contributed by atoms with E-state index in [0.29, 0.717) is 21.1 Å². The Kier molecular flexibility index (Phi) is 7.68. The Morgan fingerprint density at radius 1 is 1.15 bits per heavy atom. The summed E-state index contributed by atoms with van der Waals surface area (Å²) in [5.41, 5.74) is -1.11. The van der Waals surface area contributed by atoms with Crippen molar-refractivity contribution in [2.45, 2.75) is 36.3 Å². The fraction of sp³-hybridized carbons (Fsp3) is 0.438. The normalized spacial score (nSPS) is 27.1. The van der Waals surface area contributed by atoms with E-state index in [4.69, 9.17) is 4.74 Å². The van der Waals surface area contributed by atoms with Crippen LogP contribution in [0.15, 0.2) is 35.6 Å². The zero-order valence-electron chi connectivity index (χ0n) is 16.4. The largest absolute Gasteiger partial charge is 0.714 e. The zero-order chi connectivity index (χ0) is 24.6. The van der Waals surface area contributed by atoms with Gasteiger partial charge in [-0.1, -0.05) is 35.1 Å². The molecule has 2 aromatic rings. The van der Waals surface area contributed by atoms with Gasteiger partial charge in [-0.2, -0.15) is 16.8 Å². The lowest BCUT2D eigenvalue weighted by Gasteiger charge is -2.39. The third-order valence-corrected chi connectivity index (χ3v) is 6.85. The quantitative estimate of drug-likeness (QED) is 0.0877. The maximum absolute atomic E-state index is 11.7. The van der Waals surface area contributed by atoms with Gasteiger partial charge in [0.1, 0.15) is 34.9 Å². The van der Waals surface area contributed by atoms with E-state index in [9.17, 15) is 46.4 Å². The Labute approximate surface area is 191 Å². The van der Waals surface area contributed by atoms with Crippen LogP contribution < -0.4 is 0 Å². The molecule has 17 heteroatoms. The van der Waals surface area contributed by atoms with Gasteiger partial charge in [-0.25, -0.2) is 3.97 Å². The summed E-state index contributed by atoms with van der Waals surface area (Å²) >= 11 is 0.506. The van der Waals surface area contributed by atoms with Crippen LogP contribution in [0.2, 0.25) is 0 Å². The highest BCUT2D eigenvalue weighted by molar-refractivity contribution is 8.14. The Balaban J connectivity index is 1.98. The number of aliphatic hydroxyl groups excluding tert-OH is 4. The van der Waals surface area contributed by atoms with Crippen molar-refractivity contribution in [1.29, 1.82) is 0 Å². The minimum Gasteiger partial charge on any atom is -0.714 e. The molecule has 5 atom stereocenters. The highest BCUT2D eigenvalue weighted by Gasteiger charge is 2.44. The number of benzene rings is 1. The maximum atomic E-state index is 11.7. The predicted octanol–water partition coefficient (Wildman–Crippen LogP) is -1.84. The van der Waals surface area contributed by atoms with Crippen molar-refractivity contribution in [2.24, 2.45) is 5.16 Å². The number of aromatic nitrogens is 1. The number of para-hydroxylation sites is 1. The number of nitrogens with zero attached hydrogens (tertiary/aromatic N) is 2. The van der Waals surface area contributed by atoms with Crippen molar-refractivity contribution in [3.05, 3.63) is 36.0 Å². The van der Waals surface area contributed by atoms with E-state index >= 15 is 0 Å². The summed E-state index contributed by atoms with van der Waals surface area (Å²) in [6.45, 7) is -0.720. The van der Waals surface area contributed by atoms with E-state index in [-0.39, 0.29) is 22.5 Å². The molecule has 1 fully saturated rings. The monoisotopic (exact) mass is 527 g/mol. The van der Waals surface area contributed by atoms with Crippen molar-refractivity contribution in [2.75, 3.05) is 6.61 Å². The van der Waals surface area contributed by atoms with Crippen molar-refractivity contribution >= 4 is 48.4 Å². The van der Waals surface area contributed by atoms with Crippen LogP contribution in [0.3, 0.4) is 0 Å². The molecule has 0 aliphatic carbocycles. The van der Waals surface area contributed by atoms with Gasteiger partial charge in [0.15, 0.2) is 0 Å². The molecule has 5 N–H and O–H groups in total. The topological polar surface area (TPSA) is 228 Å². The molecule has 1 aromatic carbocycles. The Morgan fingerprint density at radius 2 is 1.82 bits per heavy atom. The van der Waals surface area contributed by atoms with Gasteiger partial charge < -0.3 is 29.7 Å². The van der Waals surface area contributed by atoms with Crippen LogP contribution in [0.5, 0.6) is 0 Å². The van der Waals surface area contributed by atoms with Crippen LogP contribution in [0.25, 0.3) is 10.9 Å². The van der Waals surface area contributed by atoms with E-state index in [2.05, 4.69) is 9.44 Å². The van der Waals surface area contributed by atoms with E-state index in [0.717, 1.165) is 6.20 Å². The maximum Gasteiger partial charge on any atom is 0.363 e. The molecule has 0 radical (unpaired) electrons. The minimum absolute atomic E-state index is 0.0876. The van der Waals surface area contributed by atoms with Gasteiger partial charge in [0.05, 0.1) is 12.1 Å². The summed E-state index contributed by atoms with van der Waals surface area (Å²) in [5.74, 6) is 0. The number of aliphatic hydroxyl groups is 4. The second-order valence-electron chi connectivity index (χ2n) is 6.90. The highest BCUT2D eigenvalue weighted by atomic mass is 32.3. The zero-order valence-corrected chi connectivity index (χ0v) is 18.9. The molecule has 0 unspecified atom stereocenters. The summed E-state index contributed by atoms with van der Waals surface area (Å²) in [5, 5.41) is 42.6. The SMILES string of the molecule is O=S(=O)([O-])ON=C(Cc1cn(S(=O)(=O)O)c2ccccc12)S[C@@H]1O[C@H](CO)[C@@H](O)[C@H](O)[C@H]1O. The second-order valence-corrected chi connectivity index (χ2v) is 10.3. The molecule has 0 spiro atoms. The summed E-state index contributed by atoms with van der Waals surface area (Å²) in [6.07, 6.45) is -5.70. The fourth-order valence-electron chi connectivity index (χ4n) is 3.19. The Hall–Kier alpha value is -1.80. The van der Waals surface area contributed by atoms with Gasteiger partial charge in [0.2, 0.25) is 0 Å². The predicted molar refractivity (Wildman–Crippen MR) is 112 cm³/mol. The van der Waals surface area contributed by atoms with E-state index in [1.54, 1.807) is 6.07 Å². The third kappa shape index (κ3) is 6.01. The third-order valence-electron chi connectivity index (χ3n) is 4.68. The summed E-state index contributed by atoms with van der Waals surface area (Å²) in [4.78, 5) is 0. The van der Waals surface area contributed by atoms with Crippen LogP contribution >= 0.6 is 11.8 Å². The number of rotatable bonds is 7. The average Bonchev–Trinajstić information content (AvgIpc) is 3.11. The Morgan fingerprint density at radius 3 is 2.42 bits per heavy atom. The first kappa shape index (κ1) is 25.8. The summed E-state index contributed by atoms with van der Waals surface area (Å²) in [7, 11) is -9.99. The number of hydrogen-bond acceptors (Lipinski definition) is 13. The van der Waals surface area contributed by atoms with Crippen LogP contribution in [0, 0.1) is 0 Å². The molecule has 184 valence electrons. The van der Waals surface area contributed by atoms with Crippen LogP contribution in [0.1, 0.15) is 5.56 Å². The lowest BCUT2D eigenvalue weighted by Crippen LogP contribution is -2.57. The standard InChI is InChI=1S/C16H20N2O12S3/c19-7-11-13(20)14(21)15(22)16(29-11)31-12(17-30-33(26,27)28)5-8-6-18(32(23,24)25)10-4-2-1-3-9(8)10/h1-4,6,11,13-16,19-22H,5,7H2,(H,23,24,25)(H,26,27,28)/p-1/t11-,13-,14+,15-,16+/m1/s1. The first-order valence-electron chi connectivity index (χ1n) is 9.07. The molecule has 2 heterocycles. The molecule has 3 rings (SSSR count). The first-order chi connectivity index (χ1) is 15.3. The van der Waals surface area contributed by atoms with Gasteiger partial charge in [-0.3, -0.25) is 8.84 Å². The van der Waals surface area contributed by atoms with Crippen molar-refractivity contribution in [3.8, 4) is 0 Å². The summed E-state index contributed by atoms with van der Waals surface area (Å²) in [6, 6.07) is 5.99. The molecule has 1 aliphatic rings. The molecule has 0 bridgehead atoms. The van der Waals surface area contributed by atoms with E-state index in [1.807, 2.05) is 0 Å². The smallest absolute Gasteiger partial charge is 0.363 e. The number of thioether (sulfide) groups is 1. The van der Waals surface area contributed by atoms with Gasteiger partial charge in [-0.15, -0.1) is 0 Å². The molecule has 1 saturated heterocycles. The fourth-order valence-corrected chi connectivity index (χ4v) is 5.18. The van der Waals surface area contributed by atoms with Crippen molar-refractivity contribution < 1.29 is 55.4 Å².